The smallest absolute Gasteiger partial charge is 0.259 e. The molecule has 0 unspecified atom stereocenters. The van der Waals surface area contributed by atoms with Gasteiger partial charge in [0.1, 0.15) is 17.4 Å². The van der Waals surface area contributed by atoms with E-state index in [4.69, 9.17) is 10.5 Å². The number of rotatable bonds is 5. The van der Waals surface area contributed by atoms with Crippen molar-refractivity contribution in [1.82, 2.24) is 14.5 Å². The molecule has 35 heavy (non-hydrogen) atoms. The van der Waals surface area contributed by atoms with Crippen LogP contribution in [0.1, 0.15) is 40.0 Å². The monoisotopic (exact) mass is 493 g/mol. The molecule has 0 aliphatic carbocycles. The Morgan fingerprint density at radius 1 is 1.23 bits per heavy atom. The summed E-state index contributed by atoms with van der Waals surface area (Å²) in [6.45, 7) is 3.65. The lowest BCUT2D eigenvalue weighted by Crippen LogP contribution is -2.41. The second-order valence-corrected chi connectivity index (χ2v) is 10.6. The quantitative estimate of drug-likeness (QED) is 0.584. The number of aromatic nitrogens is 2. The SMILES string of the molecule is Cc1cccn1-c1cc(C(=O)N2CCC[C@H](COc3cccc4c3C(N)=NS(=O)(=O)C4)C2)ccn1. The maximum absolute atomic E-state index is 13.3. The molecular weight excluding hydrogens is 466 g/mol. The molecule has 1 amide bonds. The molecule has 2 aliphatic rings. The number of fused-ring (bicyclic) bond motifs is 1. The first-order valence-electron chi connectivity index (χ1n) is 11.5. The zero-order valence-corrected chi connectivity index (χ0v) is 20.2. The summed E-state index contributed by atoms with van der Waals surface area (Å²) in [7, 11) is -3.60. The number of hydrogen-bond donors (Lipinski definition) is 1. The summed E-state index contributed by atoms with van der Waals surface area (Å²) in [5, 5.41) is 0. The van der Waals surface area contributed by atoms with Gasteiger partial charge in [-0.15, -0.1) is 4.40 Å². The predicted molar refractivity (Wildman–Crippen MR) is 132 cm³/mol. The van der Waals surface area contributed by atoms with Crippen LogP contribution in [0, 0.1) is 12.8 Å². The fourth-order valence-corrected chi connectivity index (χ4v) is 5.80. The number of carbonyl (C=O) groups excluding carboxylic acids is 1. The number of sulfonamides is 1. The number of hydrogen-bond acceptors (Lipinski definition) is 6. The number of amides is 1. The molecule has 1 aromatic carbocycles. The number of pyridine rings is 1. The summed E-state index contributed by atoms with van der Waals surface area (Å²) < 4.78 is 35.5. The van der Waals surface area contributed by atoms with Gasteiger partial charge in [-0.1, -0.05) is 12.1 Å². The number of nitrogens with zero attached hydrogens (tertiary/aromatic N) is 4. The Bertz CT molecular complexity index is 1410. The molecule has 2 N–H and O–H groups in total. The highest BCUT2D eigenvalue weighted by atomic mass is 32.2. The number of likely N-dealkylation sites (tertiary alicyclic amines) is 1. The third-order valence-electron chi connectivity index (χ3n) is 6.42. The summed E-state index contributed by atoms with van der Waals surface area (Å²) in [6, 6.07) is 12.8. The van der Waals surface area contributed by atoms with Crippen LogP contribution in [0.3, 0.4) is 0 Å². The molecule has 1 atom stereocenters. The van der Waals surface area contributed by atoms with Gasteiger partial charge in [0.25, 0.3) is 15.9 Å². The molecular formula is C25H27N5O4S. The molecule has 5 rings (SSSR count). The number of aryl methyl sites for hydroxylation is 1. The number of carbonyl (C=O) groups is 1. The third kappa shape index (κ3) is 4.79. The first-order valence-corrected chi connectivity index (χ1v) is 13.1. The van der Waals surface area contributed by atoms with Gasteiger partial charge in [0.05, 0.1) is 17.9 Å². The Balaban J connectivity index is 1.27. The van der Waals surface area contributed by atoms with Crippen LogP contribution in [0.15, 0.2) is 59.3 Å². The molecule has 10 heteroatoms. The van der Waals surface area contributed by atoms with Crippen LogP contribution in [0.4, 0.5) is 0 Å². The van der Waals surface area contributed by atoms with E-state index in [2.05, 4.69) is 9.38 Å². The van der Waals surface area contributed by atoms with Crippen LogP contribution in [-0.4, -0.2) is 54.3 Å². The van der Waals surface area contributed by atoms with Crippen molar-refractivity contribution in [3.63, 3.8) is 0 Å². The molecule has 2 aliphatic heterocycles. The van der Waals surface area contributed by atoms with Gasteiger partial charge in [0, 0.05) is 42.7 Å². The predicted octanol–water partition coefficient (Wildman–Crippen LogP) is 2.66. The number of nitrogens with two attached hydrogens (primary N) is 1. The molecule has 0 bridgehead atoms. The van der Waals surface area contributed by atoms with Gasteiger partial charge >= 0.3 is 0 Å². The molecule has 4 heterocycles. The average molecular weight is 494 g/mol. The first kappa shape index (κ1) is 23.1. The van der Waals surface area contributed by atoms with E-state index in [0.29, 0.717) is 48.0 Å². The molecule has 0 saturated carbocycles. The molecule has 3 aromatic rings. The first-order chi connectivity index (χ1) is 16.8. The van der Waals surface area contributed by atoms with E-state index in [9.17, 15) is 13.2 Å². The summed E-state index contributed by atoms with van der Waals surface area (Å²) in [6.07, 6.45) is 5.40. The Kier molecular flexibility index (Phi) is 6.06. The highest BCUT2D eigenvalue weighted by Crippen LogP contribution is 2.29. The molecule has 1 saturated heterocycles. The zero-order chi connectivity index (χ0) is 24.6. The van der Waals surface area contributed by atoms with E-state index in [1.54, 1.807) is 30.5 Å². The van der Waals surface area contributed by atoms with Crippen molar-refractivity contribution in [2.45, 2.75) is 25.5 Å². The lowest BCUT2D eigenvalue weighted by Gasteiger charge is -2.33. The van der Waals surface area contributed by atoms with Gasteiger partial charge in [-0.05, 0) is 55.7 Å². The van der Waals surface area contributed by atoms with Crippen molar-refractivity contribution in [2.24, 2.45) is 16.0 Å². The van der Waals surface area contributed by atoms with Crippen molar-refractivity contribution < 1.29 is 17.9 Å². The van der Waals surface area contributed by atoms with Crippen LogP contribution in [0.5, 0.6) is 5.75 Å². The number of amidine groups is 1. The minimum Gasteiger partial charge on any atom is -0.492 e. The lowest BCUT2D eigenvalue weighted by atomic mass is 9.98. The lowest BCUT2D eigenvalue weighted by molar-refractivity contribution is 0.0633. The van der Waals surface area contributed by atoms with Crippen molar-refractivity contribution in [3.05, 3.63) is 77.2 Å². The van der Waals surface area contributed by atoms with E-state index in [-0.39, 0.29) is 23.4 Å². The van der Waals surface area contributed by atoms with Crippen molar-refractivity contribution in [1.29, 1.82) is 0 Å². The second-order valence-electron chi connectivity index (χ2n) is 8.99. The maximum atomic E-state index is 13.3. The third-order valence-corrected chi connectivity index (χ3v) is 7.57. The van der Waals surface area contributed by atoms with E-state index in [0.717, 1.165) is 18.5 Å². The summed E-state index contributed by atoms with van der Waals surface area (Å²) in [4.78, 5) is 19.6. The number of benzene rings is 1. The number of ether oxygens (including phenoxy) is 1. The largest absolute Gasteiger partial charge is 0.492 e. The number of piperidine rings is 1. The Hall–Kier alpha value is -3.66. The van der Waals surface area contributed by atoms with Crippen LogP contribution < -0.4 is 10.5 Å². The molecule has 2 aromatic heterocycles. The van der Waals surface area contributed by atoms with Crippen molar-refractivity contribution >= 4 is 21.8 Å². The maximum Gasteiger partial charge on any atom is 0.259 e. The average Bonchev–Trinajstić information content (AvgIpc) is 3.27. The van der Waals surface area contributed by atoms with Crippen molar-refractivity contribution in [3.8, 4) is 11.6 Å². The van der Waals surface area contributed by atoms with Crippen LogP contribution >= 0.6 is 0 Å². The highest BCUT2D eigenvalue weighted by molar-refractivity contribution is 7.89. The second kappa shape index (κ2) is 9.18. The standard InChI is InChI=1S/C25H27N5O4S/c1-17-5-3-12-30(17)22-13-19(9-10-27-22)25(31)29-11-4-6-18(14-29)15-34-21-8-2-7-20-16-35(32,33)28-24(26)23(20)21/h2-3,5,7-10,12-13,18H,4,6,11,14-16H2,1H3,(H2,26,28)/t18-/m0/s1. The van der Waals surface area contributed by atoms with Gasteiger partial charge in [-0.2, -0.15) is 0 Å². The fraction of sp³-hybridized carbons (Fsp3) is 0.320. The Labute approximate surface area is 204 Å². The topological polar surface area (TPSA) is 120 Å². The normalized spacial score (nSPS) is 19.1. The van der Waals surface area contributed by atoms with Gasteiger partial charge in [-0.3, -0.25) is 4.79 Å². The summed E-state index contributed by atoms with van der Waals surface area (Å²) in [5.74, 6) is 1.11. The molecule has 1 fully saturated rings. The van der Waals surface area contributed by atoms with Gasteiger partial charge < -0.3 is 19.9 Å². The molecule has 0 radical (unpaired) electrons. The fourth-order valence-electron chi connectivity index (χ4n) is 4.71. The molecule has 9 nitrogen and oxygen atoms in total. The van der Waals surface area contributed by atoms with Gasteiger partial charge in [-0.25, -0.2) is 13.4 Å². The van der Waals surface area contributed by atoms with Gasteiger partial charge in [0.2, 0.25) is 0 Å². The van der Waals surface area contributed by atoms with E-state index < -0.39 is 10.0 Å². The van der Waals surface area contributed by atoms with E-state index in [1.165, 1.54) is 0 Å². The zero-order valence-electron chi connectivity index (χ0n) is 19.4. The highest BCUT2D eigenvalue weighted by Gasteiger charge is 2.28. The Morgan fingerprint density at radius 2 is 2.09 bits per heavy atom. The minimum absolute atomic E-state index is 0.0261. The van der Waals surface area contributed by atoms with Crippen LogP contribution in [0.2, 0.25) is 0 Å². The summed E-state index contributed by atoms with van der Waals surface area (Å²) >= 11 is 0. The van der Waals surface area contributed by atoms with E-state index >= 15 is 0 Å². The molecule has 182 valence electrons. The van der Waals surface area contributed by atoms with Crippen LogP contribution in [0.25, 0.3) is 5.82 Å². The van der Waals surface area contributed by atoms with Crippen LogP contribution in [-0.2, 0) is 15.8 Å². The molecule has 0 spiro atoms. The Morgan fingerprint density at radius 3 is 2.89 bits per heavy atom. The van der Waals surface area contributed by atoms with Gasteiger partial charge in [0.15, 0.2) is 0 Å². The summed E-state index contributed by atoms with van der Waals surface area (Å²) in [5.41, 5.74) is 8.72. The van der Waals surface area contributed by atoms with Crippen molar-refractivity contribution in [2.75, 3.05) is 19.7 Å². The van der Waals surface area contributed by atoms with E-state index in [1.807, 2.05) is 40.8 Å². The minimum atomic E-state index is -3.60.